The third-order valence-electron chi connectivity index (χ3n) is 4.83. The summed E-state index contributed by atoms with van der Waals surface area (Å²) < 4.78 is 1.53. The van der Waals surface area contributed by atoms with Crippen molar-refractivity contribution in [3.63, 3.8) is 0 Å². The van der Waals surface area contributed by atoms with Crippen molar-refractivity contribution in [1.29, 1.82) is 0 Å². The zero-order valence-electron chi connectivity index (χ0n) is 14.4. The summed E-state index contributed by atoms with van der Waals surface area (Å²) in [6.07, 6.45) is 1.32. The van der Waals surface area contributed by atoms with Crippen LogP contribution in [0.2, 0.25) is 5.32 Å². The van der Waals surface area contributed by atoms with Gasteiger partial charge in [-0.15, -0.1) is 0 Å². The molecule has 122 valence electrons. The van der Waals surface area contributed by atoms with Crippen LogP contribution < -0.4 is 4.46 Å². The second-order valence-corrected chi connectivity index (χ2v) is 9.70. The zero-order chi connectivity index (χ0) is 16.3. The van der Waals surface area contributed by atoms with Crippen molar-refractivity contribution in [2.24, 2.45) is 5.41 Å². The van der Waals surface area contributed by atoms with E-state index in [-0.39, 0.29) is 0 Å². The summed E-state index contributed by atoms with van der Waals surface area (Å²) in [5.41, 5.74) is 1.88. The Morgan fingerprint density at radius 3 is 2.30 bits per heavy atom. The monoisotopic (exact) mass is 373 g/mol. The first kappa shape index (κ1) is 16.8. The van der Waals surface area contributed by atoms with Gasteiger partial charge in [-0.05, 0) is 0 Å². The number of nitrogens with zero attached hydrogens (tertiary/aromatic N) is 1. The molecule has 2 heteroatoms. The summed E-state index contributed by atoms with van der Waals surface area (Å²) in [6, 6.07) is 23.2. The van der Waals surface area contributed by atoms with Crippen molar-refractivity contribution in [3.8, 4) is 0 Å². The van der Waals surface area contributed by atoms with Crippen LogP contribution in [0.1, 0.15) is 38.8 Å². The molecule has 0 N–H and O–H groups in total. The van der Waals surface area contributed by atoms with Crippen LogP contribution >= 0.6 is 0 Å². The minimum absolute atomic E-state index is 0.431. The van der Waals surface area contributed by atoms with Crippen molar-refractivity contribution >= 4 is 19.4 Å². The van der Waals surface area contributed by atoms with Crippen molar-refractivity contribution < 1.29 is 0 Å². The van der Waals surface area contributed by atoms with E-state index < -0.39 is 0 Å². The fraction of sp³-hybridized carbons (Fsp3) is 0.429. The fourth-order valence-corrected chi connectivity index (χ4v) is 5.87. The normalized spacial score (nSPS) is 22.1. The van der Waals surface area contributed by atoms with E-state index in [0.29, 0.717) is 32.5 Å². The third kappa shape index (κ3) is 4.26. The number of benzene rings is 2. The number of likely N-dealkylation sites (tertiary alicyclic amines) is 1. The first-order valence-corrected chi connectivity index (χ1v) is 10.6. The Kier molecular flexibility index (Phi) is 5.26. The molecule has 2 aromatic carbocycles. The molecule has 1 aliphatic heterocycles. The predicted molar refractivity (Wildman–Crippen MR) is 100 cm³/mol. The number of hydrogen-bond acceptors (Lipinski definition) is 1. The first-order chi connectivity index (χ1) is 11.1. The molecular weight excluding hydrogens is 345 g/mol. The van der Waals surface area contributed by atoms with Crippen LogP contribution in [0.25, 0.3) is 0 Å². The molecule has 2 aromatic rings. The average Bonchev–Trinajstić information content (AvgIpc) is 2.89. The van der Waals surface area contributed by atoms with E-state index in [9.17, 15) is 0 Å². The standard InChI is InChI=1S/C21H27NSe/c1-17(18-10-6-4-7-11-18)22-16-21(2,3)14-19(22)15-23-20-12-8-5-9-13-20/h4-13,17,19H,14-16H2,1-3H3/t17-,19-/m1/s1. The van der Waals surface area contributed by atoms with Gasteiger partial charge in [-0.2, -0.15) is 0 Å². The molecule has 0 aliphatic carbocycles. The van der Waals surface area contributed by atoms with Gasteiger partial charge in [0.05, 0.1) is 0 Å². The molecule has 0 bridgehead atoms. The summed E-state index contributed by atoms with van der Waals surface area (Å²) in [5, 5.41) is 1.32. The SMILES string of the molecule is C[C@H](c1ccccc1)N1CC(C)(C)C[C@@H]1C[Se]c1ccccc1. The second-order valence-electron chi connectivity index (χ2n) is 7.41. The molecule has 0 aromatic heterocycles. The van der Waals surface area contributed by atoms with Gasteiger partial charge in [-0.3, -0.25) is 0 Å². The van der Waals surface area contributed by atoms with Gasteiger partial charge in [0.15, 0.2) is 0 Å². The Morgan fingerprint density at radius 2 is 1.65 bits per heavy atom. The van der Waals surface area contributed by atoms with E-state index in [1.807, 2.05) is 0 Å². The number of hydrogen-bond donors (Lipinski definition) is 0. The molecule has 1 saturated heterocycles. The number of rotatable bonds is 5. The van der Waals surface area contributed by atoms with Gasteiger partial charge in [0.25, 0.3) is 0 Å². The molecule has 23 heavy (non-hydrogen) atoms. The van der Waals surface area contributed by atoms with Crippen LogP contribution in [-0.2, 0) is 0 Å². The molecule has 1 aliphatic rings. The minimum atomic E-state index is 0.431. The van der Waals surface area contributed by atoms with Crippen molar-refractivity contribution in [3.05, 3.63) is 66.2 Å². The third-order valence-corrected chi connectivity index (χ3v) is 7.26. The Bertz CT molecular complexity index is 608. The molecule has 1 heterocycles. The van der Waals surface area contributed by atoms with Crippen LogP contribution in [0, 0.1) is 5.41 Å². The van der Waals surface area contributed by atoms with Crippen LogP contribution in [-0.4, -0.2) is 32.4 Å². The van der Waals surface area contributed by atoms with Crippen molar-refractivity contribution in [2.45, 2.75) is 44.6 Å². The van der Waals surface area contributed by atoms with Gasteiger partial charge in [-0.25, -0.2) is 0 Å². The molecule has 3 rings (SSSR count). The molecule has 0 radical (unpaired) electrons. The van der Waals surface area contributed by atoms with Crippen LogP contribution in [0.3, 0.4) is 0 Å². The summed E-state index contributed by atoms with van der Waals surface area (Å²) >= 11 is 0.570. The van der Waals surface area contributed by atoms with E-state index in [2.05, 4.69) is 86.3 Å². The van der Waals surface area contributed by atoms with Gasteiger partial charge < -0.3 is 0 Å². The predicted octanol–water partition coefficient (Wildman–Crippen LogP) is 4.30. The van der Waals surface area contributed by atoms with E-state index in [0.717, 1.165) is 0 Å². The van der Waals surface area contributed by atoms with E-state index in [4.69, 9.17) is 0 Å². The molecule has 2 atom stereocenters. The Morgan fingerprint density at radius 1 is 1.04 bits per heavy atom. The fourth-order valence-electron chi connectivity index (χ4n) is 3.68. The molecule has 1 nitrogen and oxygen atoms in total. The Hall–Kier alpha value is -1.08. The molecular formula is C21H27NSe. The van der Waals surface area contributed by atoms with Crippen molar-refractivity contribution in [2.75, 3.05) is 6.54 Å². The van der Waals surface area contributed by atoms with Gasteiger partial charge in [0, 0.05) is 0 Å². The Balaban J connectivity index is 1.71. The van der Waals surface area contributed by atoms with Crippen LogP contribution in [0.4, 0.5) is 0 Å². The van der Waals surface area contributed by atoms with E-state index >= 15 is 0 Å². The van der Waals surface area contributed by atoms with Gasteiger partial charge in [0.1, 0.15) is 0 Å². The summed E-state index contributed by atoms with van der Waals surface area (Å²) in [4.78, 5) is 2.75. The van der Waals surface area contributed by atoms with Gasteiger partial charge >= 0.3 is 147 Å². The van der Waals surface area contributed by atoms with E-state index in [1.165, 1.54) is 28.3 Å². The Labute approximate surface area is 147 Å². The average molecular weight is 372 g/mol. The molecule has 0 unspecified atom stereocenters. The first-order valence-electron chi connectivity index (χ1n) is 8.54. The maximum atomic E-state index is 2.75. The molecule has 0 amide bonds. The second kappa shape index (κ2) is 7.21. The van der Waals surface area contributed by atoms with Crippen LogP contribution in [0.5, 0.6) is 0 Å². The maximum absolute atomic E-state index is 2.75. The zero-order valence-corrected chi connectivity index (χ0v) is 16.1. The summed E-state index contributed by atoms with van der Waals surface area (Å²) in [7, 11) is 0. The molecule has 0 saturated carbocycles. The van der Waals surface area contributed by atoms with Crippen molar-refractivity contribution in [1.82, 2.24) is 4.90 Å². The quantitative estimate of drug-likeness (QED) is 0.708. The van der Waals surface area contributed by atoms with E-state index in [1.54, 1.807) is 0 Å². The molecule has 0 spiro atoms. The summed E-state index contributed by atoms with van der Waals surface area (Å²) in [6.45, 7) is 8.43. The van der Waals surface area contributed by atoms with Gasteiger partial charge in [0.2, 0.25) is 0 Å². The van der Waals surface area contributed by atoms with Crippen LogP contribution in [0.15, 0.2) is 60.7 Å². The summed E-state index contributed by atoms with van der Waals surface area (Å²) in [5.74, 6) is 0. The molecule has 1 fully saturated rings. The topological polar surface area (TPSA) is 3.24 Å². The van der Waals surface area contributed by atoms with Gasteiger partial charge in [-0.1, -0.05) is 0 Å².